The lowest BCUT2D eigenvalue weighted by Crippen LogP contribution is -2.25. The van der Waals surface area contributed by atoms with Gasteiger partial charge in [0.2, 0.25) is 5.91 Å². The molecular weight excluding hydrogens is 422 g/mol. The van der Waals surface area contributed by atoms with E-state index in [-0.39, 0.29) is 16.4 Å². The molecule has 0 saturated carbocycles. The molecule has 1 saturated heterocycles. The van der Waals surface area contributed by atoms with Gasteiger partial charge in [-0.25, -0.2) is 4.98 Å². The van der Waals surface area contributed by atoms with Gasteiger partial charge in [0.15, 0.2) is 0 Å². The van der Waals surface area contributed by atoms with Crippen molar-refractivity contribution in [2.24, 2.45) is 0 Å². The van der Waals surface area contributed by atoms with E-state index in [1.165, 1.54) is 5.56 Å². The lowest BCUT2D eigenvalue weighted by Gasteiger charge is -2.09. The van der Waals surface area contributed by atoms with Crippen LogP contribution in [0.3, 0.4) is 0 Å². The number of nitrogens with zero attached hydrogens (tertiary/aromatic N) is 2. The molecule has 6 nitrogen and oxygen atoms in total. The number of imidazole rings is 1. The number of aromatic nitrogens is 2. The number of thioether (sulfide) groups is 1. The highest BCUT2D eigenvalue weighted by atomic mass is 32.2. The summed E-state index contributed by atoms with van der Waals surface area (Å²) in [6.07, 6.45) is 2.39. The minimum absolute atomic E-state index is 0.220. The Morgan fingerprint density at radius 3 is 2.47 bits per heavy atom. The van der Waals surface area contributed by atoms with Crippen molar-refractivity contribution in [2.75, 3.05) is 0 Å². The lowest BCUT2D eigenvalue weighted by molar-refractivity contribution is -0.118. The molecule has 1 aliphatic rings. The summed E-state index contributed by atoms with van der Waals surface area (Å²) in [5.41, 5.74) is 5.31. The zero-order chi connectivity index (χ0) is 21.9. The molecule has 1 N–H and O–H groups in total. The number of imide groups is 1. The van der Waals surface area contributed by atoms with E-state index in [2.05, 4.69) is 45.2 Å². The van der Waals surface area contributed by atoms with Crippen LogP contribution in [0.5, 0.6) is 5.75 Å². The van der Waals surface area contributed by atoms with Crippen LogP contribution in [0.1, 0.15) is 16.7 Å². The highest BCUT2D eigenvalue weighted by Gasteiger charge is 2.31. The third-order valence-electron chi connectivity index (χ3n) is 5.40. The number of carbonyl (C=O) groups is 2. The van der Waals surface area contributed by atoms with Crippen molar-refractivity contribution >= 4 is 33.9 Å². The van der Waals surface area contributed by atoms with Crippen LogP contribution in [-0.4, -0.2) is 25.9 Å². The normalized spacial score (nSPS) is 15.8. The van der Waals surface area contributed by atoms with Crippen LogP contribution in [0.4, 0.5) is 4.79 Å². The number of hydrogen-bond donors (Lipinski definition) is 1. The summed E-state index contributed by atoms with van der Waals surface area (Å²) in [7, 11) is 0. The summed E-state index contributed by atoms with van der Waals surface area (Å²) in [4.78, 5) is 27.6. The molecule has 1 unspecified atom stereocenters. The standard InChI is InChI=1S/C25H21N3O3S/c29-24-23(32-25(30)27-24)13-17-6-9-20(10-7-17)31-15-19-8-11-22-21(12-19)26-16-28(22)14-18-4-2-1-3-5-18/h1-12,16,23H,13-15H2,(H,27,29,30). The van der Waals surface area contributed by atoms with E-state index in [9.17, 15) is 9.59 Å². The molecule has 160 valence electrons. The number of rotatable bonds is 7. The Hall–Kier alpha value is -3.58. The van der Waals surface area contributed by atoms with Gasteiger partial charge in [0.05, 0.1) is 22.6 Å². The van der Waals surface area contributed by atoms with Crippen LogP contribution in [0.2, 0.25) is 0 Å². The summed E-state index contributed by atoms with van der Waals surface area (Å²) in [5, 5.41) is 1.68. The Morgan fingerprint density at radius 2 is 1.72 bits per heavy atom. The first-order valence-corrected chi connectivity index (χ1v) is 11.2. The lowest BCUT2D eigenvalue weighted by atomic mass is 10.1. The minimum atomic E-state index is -0.359. The van der Waals surface area contributed by atoms with E-state index in [1.54, 1.807) is 0 Å². The predicted octanol–water partition coefficient (Wildman–Crippen LogP) is 4.56. The molecule has 2 heterocycles. The number of benzene rings is 3. The van der Waals surface area contributed by atoms with Gasteiger partial charge in [0.1, 0.15) is 12.4 Å². The van der Waals surface area contributed by atoms with Gasteiger partial charge in [-0.3, -0.25) is 14.9 Å². The van der Waals surface area contributed by atoms with E-state index in [1.807, 2.05) is 48.8 Å². The maximum absolute atomic E-state index is 11.7. The fourth-order valence-corrected chi connectivity index (χ4v) is 4.60. The number of fused-ring (bicyclic) bond motifs is 1. The molecule has 7 heteroatoms. The number of hydrogen-bond acceptors (Lipinski definition) is 5. The molecular formula is C25H21N3O3S. The van der Waals surface area contributed by atoms with Crippen LogP contribution in [-0.2, 0) is 24.4 Å². The third-order valence-corrected chi connectivity index (χ3v) is 6.38. The second-order valence-electron chi connectivity index (χ2n) is 7.70. The van der Waals surface area contributed by atoms with Crippen molar-refractivity contribution in [3.05, 3.63) is 95.8 Å². The van der Waals surface area contributed by atoms with Gasteiger partial charge < -0.3 is 9.30 Å². The summed E-state index contributed by atoms with van der Waals surface area (Å²) in [6.45, 7) is 1.23. The molecule has 4 aromatic rings. The summed E-state index contributed by atoms with van der Waals surface area (Å²) in [6, 6.07) is 24.2. The number of nitrogens with one attached hydrogen (secondary N) is 1. The van der Waals surface area contributed by atoms with E-state index in [4.69, 9.17) is 4.74 Å². The molecule has 0 bridgehead atoms. The third kappa shape index (κ3) is 4.53. The first-order valence-electron chi connectivity index (χ1n) is 10.3. The summed E-state index contributed by atoms with van der Waals surface area (Å²) in [5.74, 6) is 0.532. The van der Waals surface area contributed by atoms with Crippen LogP contribution in [0.25, 0.3) is 11.0 Å². The van der Waals surface area contributed by atoms with E-state index < -0.39 is 0 Å². The Kier molecular flexibility index (Phi) is 5.64. The Bertz CT molecular complexity index is 1270. The van der Waals surface area contributed by atoms with Crippen molar-refractivity contribution in [3.8, 4) is 5.75 Å². The van der Waals surface area contributed by atoms with Crippen LogP contribution in [0.15, 0.2) is 79.1 Å². The van der Waals surface area contributed by atoms with Crippen molar-refractivity contribution in [1.82, 2.24) is 14.9 Å². The highest BCUT2D eigenvalue weighted by Crippen LogP contribution is 2.24. The fraction of sp³-hybridized carbons (Fsp3) is 0.160. The molecule has 0 aliphatic carbocycles. The Morgan fingerprint density at radius 1 is 0.938 bits per heavy atom. The zero-order valence-corrected chi connectivity index (χ0v) is 18.0. The van der Waals surface area contributed by atoms with Crippen molar-refractivity contribution < 1.29 is 14.3 Å². The molecule has 5 rings (SSSR count). The minimum Gasteiger partial charge on any atom is -0.489 e. The van der Waals surface area contributed by atoms with Crippen LogP contribution < -0.4 is 10.1 Å². The van der Waals surface area contributed by atoms with Crippen molar-refractivity contribution in [2.45, 2.75) is 24.8 Å². The zero-order valence-electron chi connectivity index (χ0n) is 17.2. The van der Waals surface area contributed by atoms with Gasteiger partial charge in [-0.2, -0.15) is 0 Å². The first-order chi connectivity index (χ1) is 15.6. The van der Waals surface area contributed by atoms with E-state index >= 15 is 0 Å². The van der Waals surface area contributed by atoms with E-state index in [0.29, 0.717) is 13.0 Å². The fourth-order valence-electron chi connectivity index (χ4n) is 3.74. The molecule has 1 aromatic heterocycles. The Balaban J connectivity index is 1.20. The summed E-state index contributed by atoms with van der Waals surface area (Å²) >= 11 is 1.04. The molecule has 3 aromatic carbocycles. The first kappa shape index (κ1) is 20.3. The topological polar surface area (TPSA) is 73.2 Å². The SMILES string of the molecule is O=C1NC(=O)C(Cc2ccc(OCc3ccc4c(c3)ncn4Cc3ccccc3)cc2)S1. The molecule has 0 radical (unpaired) electrons. The maximum atomic E-state index is 11.7. The molecule has 0 spiro atoms. The van der Waals surface area contributed by atoms with Crippen LogP contribution in [0, 0.1) is 0 Å². The highest BCUT2D eigenvalue weighted by molar-refractivity contribution is 8.15. The van der Waals surface area contributed by atoms with Gasteiger partial charge >= 0.3 is 0 Å². The van der Waals surface area contributed by atoms with E-state index in [0.717, 1.165) is 46.2 Å². The average Bonchev–Trinajstić information content (AvgIpc) is 3.35. The molecule has 2 amide bonds. The number of ether oxygens (including phenoxy) is 1. The van der Waals surface area contributed by atoms with Gasteiger partial charge in [0.25, 0.3) is 5.24 Å². The second kappa shape index (κ2) is 8.88. The monoisotopic (exact) mass is 443 g/mol. The second-order valence-corrected chi connectivity index (χ2v) is 8.88. The molecule has 1 atom stereocenters. The van der Waals surface area contributed by atoms with Gasteiger partial charge in [-0.1, -0.05) is 60.3 Å². The van der Waals surface area contributed by atoms with Crippen LogP contribution >= 0.6 is 11.8 Å². The maximum Gasteiger partial charge on any atom is 0.286 e. The predicted molar refractivity (Wildman–Crippen MR) is 125 cm³/mol. The van der Waals surface area contributed by atoms with Crippen molar-refractivity contribution in [3.63, 3.8) is 0 Å². The van der Waals surface area contributed by atoms with Gasteiger partial charge in [-0.05, 0) is 47.4 Å². The smallest absolute Gasteiger partial charge is 0.286 e. The summed E-state index contributed by atoms with van der Waals surface area (Å²) < 4.78 is 8.08. The van der Waals surface area contributed by atoms with Gasteiger partial charge in [-0.15, -0.1) is 0 Å². The quantitative estimate of drug-likeness (QED) is 0.453. The largest absolute Gasteiger partial charge is 0.489 e. The molecule has 1 fully saturated rings. The molecule has 32 heavy (non-hydrogen) atoms. The Labute approximate surface area is 189 Å². The number of amides is 2. The number of carbonyl (C=O) groups excluding carboxylic acids is 2. The van der Waals surface area contributed by atoms with Crippen molar-refractivity contribution in [1.29, 1.82) is 0 Å². The average molecular weight is 444 g/mol. The molecule has 1 aliphatic heterocycles. The van der Waals surface area contributed by atoms with Gasteiger partial charge in [0, 0.05) is 6.54 Å².